The molecule has 0 aromatic rings. The number of hydrogen-bond acceptors (Lipinski definition) is 5. The number of aliphatic carboxylic acids is 1. The number of carbonyl (C=O) groups excluding carboxylic acids is 1. The van der Waals surface area contributed by atoms with Gasteiger partial charge in [-0.2, -0.15) is 0 Å². The zero-order valence-electron chi connectivity index (χ0n) is 10.5. The number of hydrogen-bond donors (Lipinski definition) is 3. The van der Waals surface area contributed by atoms with Crippen LogP contribution >= 0.6 is 0 Å². The van der Waals surface area contributed by atoms with Crippen molar-refractivity contribution >= 4 is 11.9 Å². The van der Waals surface area contributed by atoms with E-state index in [1.807, 2.05) is 0 Å². The fraction of sp³-hybridized carbons (Fsp3) is 0.818. The highest BCUT2D eigenvalue weighted by Gasteiger charge is 2.35. The number of methoxy groups -OCH3 is 1. The van der Waals surface area contributed by atoms with Gasteiger partial charge in [-0.15, -0.1) is 0 Å². The number of nitrogens with two attached hydrogens (primary N) is 1. The van der Waals surface area contributed by atoms with E-state index in [4.69, 9.17) is 20.3 Å². The Hall–Kier alpha value is -1.18. The molecule has 1 heterocycles. The molecule has 1 rings (SSSR count). The minimum absolute atomic E-state index is 0.140. The van der Waals surface area contributed by atoms with Crippen LogP contribution in [0, 0.1) is 0 Å². The molecule has 0 aliphatic carbocycles. The second-order valence-electron chi connectivity index (χ2n) is 4.43. The lowest BCUT2D eigenvalue weighted by Crippen LogP contribution is -2.57. The molecule has 1 aliphatic heterocycles. The first kappa shape index (κ1) is 14.9. The molecule has 7 heteroatoms. The molecule has 18 heavy (non-hydrogen) atoms. The van der Waals surface area contributed by atoms with E-state index in [1.54, 1.807) is 0 Å². The fourth-order valence-corrected chi connectivity index (χ4v) is 1.78. The van der Waals surface area contributed by atoms with Crippen molar-refractivity contribution in [1.82, 2.24) is 5.32 Å². The van der Waals surface area contributed by atoms with E-state index in [0.29, 0.717) is 26.1 Å². The zero-order chi connectivity index (χ0) is 13.6. The third kappa shape index (κ3) is 4.25. The van der Waals surface area contributed by atoms with Gasteiger partial charge in [-0.25, -0.2) is 0 Å². The lowest BCUT2D eigenvalue weighted by Gasteiger charge is -2.32. The second-order valence-corrected chi connectivity index (χ2v) is 4.43. The van der Waals surface area contributed by atoms with Crippen molar-refractivity contribution in [3.05, 3.63) is 0 Å². The number of amides is 1. The molecular weight excluding hydrogens is 240 g/mol. The van der Waals surface area contributed by atoms with Gasteiger partial charge < -0.3 is 25.6 Å². The zero-order valence-corrected chi connectivity index (χ0v) is 10.5. The average Bonchev–Trinajstić information content (AvgIpc) is 2.34. The molecule has 0 aromatic heterocycles. The Bertz CT molecular complexity index is 302. The number of nitrogens with one attached hydrogen (secondary N) is 1. The highest BCUT2D eigenvalue weighted by molar-refractivity contribution is 5.86. The first-order valence-corrected chi connectivity index (χ1v) is 5.87. The van der Waals surface area contributed by atoms with E-state index in [-0.39, 0.29) is 18.9 Å². The molecule has 1 saturated heterocycles. The fourth-order valence-electron chi connectivity index (χ4n) is 1.78. The Kier molecular flexibility index (Phi) is 5.52. The van der Waals surface area contributed by atoms with E-state index in [0.717, 1.165) is 0 Å². The van der Waals surface area contributed by atoms with Crippen LogP contribution in [-0.2, 0) is 19.1 Å². The van der Waals surface area contributed by atoms with E-state index >= 15 is 0 Å². The Morgan fingerprint density at radius 2 is 2.11 bits per heavy atom. The monoisotopic (exact) mass is 260 g/mol. The molecule has 0 bridgehead atoms. The summed E-state index contributed by atoms with van der Waals surface area (Å²) in [5.74, 6) is -1.25. The van der Waals surface area contributed by atoms with Gasteiger partial charge in [0.05, 0.1) is 18.1 Å². The summed E-state index contributed by atoms with van der Waals surface area (Å²) in [7, 11) is 1.41. The first-order valence-electron chi connectivity index (χ1n) is 5.87. The largest absolute Gasteiger partial charge is 0.481 e. The highest BCUT2D eigenvalue weighted by atomic mass is 16.5. The van der Waals surface area contributed by atoms with Gasteiger partial charge in [-0.1, -0.05) is 0 Å². The summed E-state index contributed by atoms with van der Waals surface area (Å²) < 4.78 is 10.1. The molecule has 0 saturated carbocycles. The number of ether oxygens (including phenoxy) is 2. The minimum atomic E-state index is -0.968. The number of carboxylic acids is 1. The van der Waals surface area contributed by atoms with E-state index in [9.17, 15) is 9.59 Å². The predicted octanol–water partition coefficient (Wildman–Crippen LogP) is -0.900. The van der Waals surface area contributed by atoms with Crippen LogP contribution in [-0.4, -0.2) is 55.5 Å². The van der Waals surface area contributed by atoms with Gasteiger partial charge in [-0.3, -0.25) is 9.59 Å². The number of carbonyl (C=O) groups is 2. The van der Waals surface area contributed by atoms with Crippen LogP contribution in [0.25, 0.3) is 0 Å². The maximum atomic E-state index is 11.9. The van der Waals surface area contributed by atoms with Crippen molar-refractivity contribution < 1.29 is 24.2 Å². The summed E-state index contributed by atoms with van der Waals surface area (Å²) in [5.41, 5.74) is 5.07. The normalized spacial score (nSPS) is 20.1. The molecule has 0 radical (unpaired) electrons. The lowest BCUT2D eigenvalue weighted by atomic mass is 9.90. The highest BCUT2D eigenvalue weighted by Crippen LogP contribution is 2.17. The van der Waals surface area contributed by atoms with Gasteiger partial charge in [0.2, 0.25) is 5.91 Å². The van der Waals surface area contributed by atoms with Crippen LogP contribution in [0.1, 0.15) is 19.3 Å². The van der Waals surface area contributed by atoms with Gasteiger partial charge in [0.15, 0.2) is 0 Å². The Morgan fingerprint density at radius 3 is 2.61 bits per heavy atom. The molecule has 1 unspecified atom stereocenters. The van der Waals surface area contributed by atoms with Gasteiger partial charge >= 0.3 is 5.97 Å². The van der Waals surface area contributed by atoms with Crippen LogP contribution in [0.3, 0.4) is 0 Å². The summed E-state index contributed by atoms with van der Waals surface area (Å²) in [6.07, 6.45) is 0.234. The maximum absolute atomic E-state index is 11.9. The van der Waals surface area contributed by atoms with Crippen LogP contribution in [0.15, 0.2) is 0 Å². The second kappa shape index (κ2) is 6.67. The molecule has 0 spiro atoms. The molecule has 7 nitrogen and oxygen atoms in total. The molecule has 4 N–H and O–H groups in total. The van der Waals surface area contributed by atoms with Crippen molar-refractivity contribution in [3.63, 3.8) is 0 Å². The summed E-state index contributed by atoms with van der Waals surface area (Å²) >= 11 is 0. The van der Waals surface area contributed by atoms with Gasteiger partial charge in [-0.05, 0) is 12.8 Å². The SMILES string of the molecule is COC(CNC(=O)C1(N)CCOCC1)CC(=O)O. The van der Waals surface area contributed by atoms with E-state index in [1.165, 1.54) is 7.11 Å². The van der Waals surface area contributed by atoms with Gasteiger partial charge in [0.1, 0.15) is 0 Å². The van der Waals surface area contributed by atoms with Crippen LogP contribution in [0.5, 0.6) is 0 Å². The Balaban J connectivity index is 2.41. The Morgan fingerprint density at radius 1 is 1.50 bits per heavy atom. The van der Waals surface area contributed by atoms with Crippen molar-refractivity contribution in [2.45, 2.75) is 30.9 Å². The van der Waals surface area contributed by atoms with Crippen molar-refractivity contribution in [3.8, 4) is 0 Å². The molecule has 0 aromatic carbocycles. The van der Waals surface area contributed by atoms with Crippen molar-refractivity contribution in [1.29, 1.82) is 0 Å². The minimum Gasteiger partial charge on any atom is -0.481 e. The molecule has 1 atom stereocenters. The number of rotatable bonds is 6. The van der Waals surface area contributed by atoms with Crippen LogP contribution in [0.2, 0.25) is 0 Å². The van der Waals surface area contributed by atoms with Gasteiger partial charge in [0, 0.05) is 26.9 Å². The maximum Gasteiger partial charge on any atom is 0.306 e. The molecule has 104 valence electrons. The quantitative estimate of drug-likeness (QED) is 0.571. The average molecular weight is 260 g/mol. The first-order chi connectivity index (χ1) is 8.48. The third-order valence-electron chi connectivity index (χ3n) is 3.06. The number of carboxylic acid groups (broad SMARTS) is 1. The molecular formula is C11H20N2O5. The Labute approximate surface area is 106 Å². The molecule has 1 amide bonds. The predicted molar refractivity (Wildman–Crippen MR) is 63.0 cm³/mol. The van der Waals surface area contributed by atoms with Crippen LogP contribution in [0.4, 0.5) is 0 Å². The summed E-state index contributed by atoms with van der Waals surface area (Å²) in [5, 5.41) is 11.3. The van der Waals surface area contributed by atoms with Crippen molar-refractivity contribution in [2.75, 3.05) is 26.9 Å². The van der Waals surface area contributed by atoms with Gasteiger partial charge in [0.25, 0.3) is 0 Å². The molecule has 1 aliphatic rings. The topological polar surface area (TPSA) is 111 Å². The van der Waals surface area contributed by atoms with Crippen LogP contribution < -0.4 is 11.1 Å². The lowest BCUT2D eigenvalue weighted by molar-refractivity contribution is -0.140. The van der Waals surface area contributed by atoms with E-state index < -0.39 is 17.6 Å². The smallest absolute Gasteiger partial charge is 0.306 e. The van der Waals surface area contributed by atoms with E-state index in [2.05, 4.69) is 5.32 Å². The standard InChI is InChI=1S/C11H20N2O5/c1-17-8(6-9(14)15)7-13-10(16)11(12)2-4-18-5-3-11/h8H,2-7,12H2,1H3,(H,13,16)(H,14,15). The summed E-state index contributed by atoms with van der Waals surface area (Å²) in [6, 6.07) is 0. The van der Waals surface area contributed by atoms with Crippen molar-refractivity contribution in [2.24, 2.45) is 5.73 Å². The summed E-state index contributed by atoms with van der Waals surface area (Å²) in [4.78, 5) is 22.5. The summed E-state index contributed by atoms with van der Waals surface area (Å²) in [6.45, 7) is 1.07. The third-order valence-corrected chi connectivity index (χ3v) is 3.06. The molecule has 1 fully saturated rings.